The number of para-hydroxylation sites is 1. The summed E-state index contributed by atoms with van der Waals surface area (Å²) < 4.78 is 18.7. The van der Waals surface area contributed by atoms with Gasteiger partial charge < -0.3 is 4.74 Å². The number of hydrogen-bond donors (Lipinski definition) is 0. The summed E-state index contributed by atoms with van der Waals surface area (Å²) in [6.45, 7) is 4.36. The van der Waals surface area contributed by atoms with E-state index in [0.717, 1.165) is 22.4 Å². The molecular weight excluding hydrogens is 215 g/mol. The number of rotatable bonds is 3. The molecule has 0 spiro atoms. The van der Waals surface area contributed by atoms with Gasteiger partial charge in [0, 0.05) is 0 Å². The molecule has 0 saturated carbocycles. The summed E-state index contributed by atoms with van der Waals surface area (Å²) in [7, 11) is 0. The molecule has 0 aliphatic rings. The summed E-state index contributed by atoms with van der Waals surface area (Å²) >= 11 is 0. The summed E-state index contributed by atoms with van der Waals surface area (Å²) in [6.07, 6.45) is 0. The lowest BCUT2D eigenvalue weighted by molar-refractivity contribution is 0.303. The van der Waals surface area contributed by atoms with Gasteiger partial charge in [0.25, 0.3) is 0 Å². The molecule has 2 aromatic rings. The first kappa shape index (κ1) is 11.6. The number of aryl methyl sites for hydroxylation is 2. The van der Waals surface area contributed by atoms with Crippen LogP contribution in [0.15, 0.2) is 42.5 Å². The monoisotopic (exact) mass is 230 g/mol. The van der Waals surface area contributed by atoms with Gasteiger partial charge in [-0.25, -0.2) is 4.39 Å². The van der Waals surface area contributed by atoms with E-state index in [4.69, 9.17) is 4.74 Å². The van der Waals surface area contributed by atoms with Crippen LogP contribution in [-0.4, -0.2) is 0 Å². The number of hydrogen-bond acceptors (Lipinski definition) is 1. The van der Waals surface area contributed by atoms with Crippen LogP contribution in [0.4, 0.5) is 4.39 Å². The van der Waals surface area contributed by atoms with Crippen LogP contribution in [0, 0.1) is 19.7 Å². The second kappa shape index (κ2) is 5.00. The topological polar surface area (TPSA) is 9.23 Å². The van der Waals surface area contributed by atoms with Gasteiger partial charge in [-0.05, 0) is 48.7 Å². The Hall–Kier alpha value is -1.83. The molecular formula is C15H15FO. The number of halogens is 1. The van der Waals surface area contributed by atoms with Crippen molar-refractivity contribution in [2.75, 3.05) is 0 Å². The van der Waals surface area contributed by atoms with Gasteiger partial charge in [0.1, 0.15) is 18.2 Å². The van der Waals surface area contributed by atoms with Gasteiger partial charge in [-0.2, -0.15) is 0 Å². The summed E-state index contributed by atoms with van der Waals surface area (Å²) in [6, 6.07) is 12.6. The van der Waals surface area contributed by atoms with Crippen molar-refractivity contribution in [1.29, 1.82) is 0 Å². The average Bonchev–Trinajstić information content (AvgIpc) is 2.30. The lowest BCUT2D eigenvalue weighted by Crippen LogP contribution is -1.99. The Bertz CT molecular complexity index is 520. The molecule has 0 unspecified atom stereocenters. The Morgan fingerprint density at radius 3 is 2.47 bits per heavy atom. The number of ether oxygens (including phenoxy) is 1. The zero-order valence-corrected chi connectivity index (χ0v) is 10.0. The van der Waals surface area contributed by atoms with Crippen molar-refractivity contribution in [3.05, 3.63) is 65.0 Å². The van der Waals surface area contributed by atoms with Gasteiger partial charge in [0.15, 0.2) is 0 Å². The van der Waals surface area contributed by atoms with Crippen molar-refractivity contribution in [2.24, 2.45) is 0 Å². The lowest BCUT2D eigenvalue weighted by atomic mass is 10.1. The van der Waals surface area contributed by atoms with Crippen molar-refractivity contribution in [1.82, 2.24) is 0 Å². The molecule has 2 aromatic carbocycles. The van der Waals surface area contributed by atoms with Gasteiger partial charge in [0.05, 0.1) is 0 Å². The second-order valence-electron chi connectivity index (χ2n) is 4.12. The third-order valence-corrected chi connectivity index (χ3v) is 2.78. The summed E-state index contributed by atoms with van der Waals surface area (Å²) in [5.74, 6) is 0.665. The summed E-state index contributed by atoms with van der Waals surface area (Å²) in [4.78, 5) is 0. The van der Waals surface area contributed by atoms with Crippen LogP contribution >= 0.6 is 0 Å². The zero-order valence-electron chi connectivity index (χ0n) is 10.0. The minimum Gasteiger partial charge on any atom is -0.489 e. The molecule has 0 heterocycles. The average molecular weight is 230 g/mol. The lowest BCUT2D eigenvalue weighted by Gasteiger charge is -2.10. The fourth-order valence-corrected chi connectivity index (χ4v) is 1.70. The molecule has 0 aromatic heterocycles. The van der Waals surface area contributed by atoms with E-state index in [1.165, 1.54) is 12.1 Å². The van der Waals surface area contributed by atoms with Crippen molar-refractivity contribution < 1.29 is 9.13 Å². The first-order valence-corrected chi connectivity index (χ1v) is 5.60. The fourth-order valence-electron chi connectivity index (χ4n) is 1.70. The van der Waals surface area contributed by atoms with Gasteiger partial charge >= 0.3 is 0 Å². The molecule has 0 bridgehead atoms. The van der Waals surface area contributed by atoms with Crippen LogP contribution in [-0.2, 0) is 6.61 Å². The van der Waals surface area contributed by atoms with Crippen LogP contribution in [0.5, 0.6) is 5.75 Å². The SMILES string of the molecule is Cc1cc(F)ccc1COc1ccccc1C. The molecule has 17 heavy (non-hydrogen) atoms. The highest BCUT2D eigenvalue weighted by molar-refractivity contribution is 5.33. The van der Waals surface area contributed by atoms with Gasteiger partial charge in [0.2, 0.25) is 0 Å². The Labute approximate surface area is 101 Å². The highest BCUT2D eigenvalue weighted by Crippen LogP contribution is 2.19. The minimum absolute atomic E-state index is 0.206. The van der Waals surface area contributed by atoms with E-state index >= 15 is 0 Å². The quantitative estimate of drug-likeness (QED) is 0.773. The van der Waals surface area contributed by atoms with E-state index < -0.39 is 0 Å². The predicted molar refractivity (Wildman–Crippen MR) is 66.6 cm³/mol. The second-order valence-corrected chi connectivity index (χ2v) is 4.12. The third-order valence-electron chi connectivity index (χ3n) is 2.78. The van der Waals surface area contributed by atoms with Crippen LogP contribution in [0.3, 0.4) is 0 Å². The maximum atomic E-state index is 12.9. The van der Waals surface area contributed by atoms with Crippen LogP contribution < -0.4 is 4.74 Å². The Kier molecular flexibility index (Phi) is 3.43. The Balaban J connectivity index is 2.10. The summed E-state index contributed by atoms with van der Waals surface area (Å²) in [5.41, 5.74) is 3.03. The normalized spacial score (nSPS) is 10.3. The molecule has 0 saturated heterocycles. The van der Waals surface area contributed by atoms with Crippen LogP contribution in [0.1, 0.15) is 16.7 Å². The molecule has 88 valence electrons. The van der Waals surface area contributed by atoms with E-state index in [9.17, 15) is 4.39 Å². The van der Waals surface area contributed by atoms with Crippen molar-refractivity contribution >= 4 is 0 Å². The third kappa shape index (κ3) is 2.84. The maximum absolute atomic E-state index is 12.9. The van der Waals surface area contributed by atoms with Gasteiger partial charge in [-0.3, -0.25) is 0 Å². The first-order valence-electron chi connectivity index (χ1n) is 5.60. The smallest absolute Gasteiger partial charge is 0.123 e. The fraction of sp³-hybridized carbons (Fsp3) is 0.200. The maximum Gasteiger partial charge on any atom is 0.123 e. The molecule has 0 aliphatic heterocycles. The van der Waals surface area contributed by atoms with Crippen LogP contribution in [0.25, 0.3) is 0 Å². The van der Waals surface area contributed by atoms with Crippen molar-refractivity contribution in [3.8, 4) is 5.75 Å². The van der Waals surface area contributed by atoms with Crippen molar-refractivity contribution in [2.45, 2.75) is 20.5 Å². The Morgan fingerprint density at radius 2 is 1.76 bits per heavy atom. The highest BCUT2D eigenvalue weighted by atomic mass is 19.1. The predicted octanol–water partition coefficient (Wildman–Crippen LogP) is 4.02. The van der Waals surface area contributed by atoms with E-state index in [1.807, 2.05) is 38.1 Å². The van der Waals surface area contributed by atoms with Crippen LogP contribution in [0.2, 0.25) is 0 Å². The molecule has 2 heteroatoms. The molecule has 0 fully saturated rings. The van der Waals surface area contributed by atoms with E-state index in [2.05, 4.69) is 0 Å². The standard InChI is InChI=1S/C15H15FO/c1-11-5-3-4-6-15(11)17-10-13-7-8-14(16)9-12(13)2/h3-9H,10H2,1-2H3. The van der Waals surface area contributed by atoms with E-state index in [0.29, 0.717) is 6.61 Å². The van der Waals surface area contributed by atoms with E-state index in [1.54, 1.807) is 6.07 Å². The molecule has 1 nitrogen and oxygen atoms in total. The van der Waals surface area contributed by atoms with Crippen molar-refractivity contribution in [3.63, 3.8) is 0 Å². The zero-order chi connectivity index (χ0) is 12.3. The molecule has 0 N–H and O–H groups in total. The minimum atomic E-state index is -0.206. The molecule has 0 aliphatic carbocycles. The largest absolute Gasteiger partial charge is 0.489 e. The van der Waals surface area contributed by atoms with Gasteiger partial charge in [-0.15, -0.1) is 0 Å². The Morgan fingerprint density at radius 1 is 1.00 bits per heavy atom. The molecule has 0 amide bonds. The number of benzene rings is 2. The molecule has 0 radical (unpaired) electrons. The first-order chi connectivity index (χ1) is 8.16. The molecule has 2 rings (SSSR count). The van der Waals surface area contributed by atoms with Gasteiger partial charge in [-0.1, -0.05) is 24.3 Å². The highest BCUT2D eigenvalue weighted by Gasteiger charge is 2.02. The molecule has 0 atom stereocenters. The van der Waals surface area contributed by atoms with E-state index in [-0.39, 0.29) is 5.82 Å². The summed E-state index contributed by atoms with van der Waals surface area (Å²) in [5, 5.41) is 0.